The molecule has 1 saturated heterocycles. The summed E-state index contributed by atoms with van der Waals surface area (Å²) >= 11 is 0. The van der Waals surface area contributed by atoms with Gasteiger partial charge in [-0.05, 0) is 36.4 Å². The Hall–Kier alpha value is -2.22. The Balaban J connectivity index is 1.54. The zero-order valence-corrected chi connectivity index (χ0v) is 17.2. The third kappa shape index (κ3) is 5.64. The van der Waals surface area contributed by atoms with Crippen molar-refractivity contribution in [3.8, 4) is 0 Å². The lowest BCUT2D eigenvalue weighted by molar-refractivity contribution is 0.0950. The molecule has 1 aliphatic heterocycles. The average molecular weight is 402 g/mol. The number of carbonyl (C=O) groups is 1. The van der Waals surface area contributed by atoms with E-state index in [1.807, 2.05) is 12.1 Å². The summed E-state index contributed by atoms with van der Waals surface area (Å²) in [6, 6.07) is 14.3. The van der Waals surface area contributed by atoms with Crippen molar-refractivity contribution < 1.29 is 13.2 Å². The van der Waals surface area contributed by atoms with E-state index in [4.69, 9.17) is 0 Å². The molecule has 0 aliphatic carbocycles. The highest BCUT2D eigenvalue weighted by Crippen LogP contribution is 2.12. The van der Waals surface area contributed by atoms with Crippen molar-refractivity contribution in [3.63, 3.8) is 0 Å². The first kappa shape index (κ1) is 20.5. The number of nitrogens with one attached hydrogen (secondary N) is 1. The summed E-state index contributed by atoms with van der Waals surface area (Å²) in [5.41, 5.74) is 2.62. The van der Waals surface area contributed by atoms with Crippen LogP contribution in [0.2, 0.25) is 0 Å². The van der Waals surface area contributed by atoms with Crippen LogP contribution in [0, 0.1) is 0 Å². The second-order valence-corrected chi connectivity index (χ2v) is 9.39. The van der Waals surface area contributed by atoms with E-state index < -0.39 is 9.84 Å². The van der Waals surface area contributed by atoms with Crippen molar-refractivity contribution in [1.29, 1.82) is 0 Å². The lowest BCUT2D eigenvalue weighted by atomic mass is 10.1. The number of piperazine rings is 1. The molecule has 7 heteroatoms. The van der Waals surface area contributed by atoms with E-state index in [0.29, 0.717) is 12.1 Å². The smallest absolute Gasteiger partial charge is 0.251 e. The van der Waals surface area contributed by atoms with Crippen LogP contribution in [-0.2, 0) is 22.9 Å². The van der Waals surface area contributed by atoms with Gasteiger partial charge in [-0.15, -0.1) is 0 Å². The molecule has 3 rings (SSSR count). The Labute approximate surface area is 167 Å². The van der Waals surface area contributed by atoms with Crippen LogP contribution in [0.25, 0.3) is 0 Å². The standard InChI is InChI=1S/C21H27N3O3S/c1-23-10-12-24(13-11-23)16-18-8-6-17(7-9-18)15-22-21(25)19-4-3-5-20(14-19)28(2,26)27/h3-9,14H,10-13,15-16H2,1-2H3,(H,22,25). The van der Waals surface area contributed by atoms with E-state index in [1.54, 1.807) is 12.1 Å². The van der Waals surface area contributed by atoms with Crippen LogP contribution in [0.15, 0.2) is 53.4 Å². The normalized spacial score (nSPS) is 16.1. The summed E-state index contributed by atoms with van der Waals surface area (Å²) in [7, 11) is -1.18. The van der Waals surface area contributed by atoms with Crippen LogP contribution in [-0.4, -0.2) is 63.6 Å². The third-order valence-corrected chi connectivity index (χ3v) is 6.11. The monoisotopic (exact) mass is 401 g/mol. The number of sulfone groups is 1. The fourth-order valence-electron chi connectivity index (χ4n) is 3.18. The lowest BCUT2D eigenvalue weighted by Crippen LogP contribution is -2.43. The van der Waals surface area contributed by atoms with Crippen molar-refractivity contribution in [3.05, 3.63) is 65.2 Å². The van der Waals surface area contributed by atoms with E-state index in [2.05, 4.69) is 34.3 Å². The molecule has 150 valence electrons. The van der Waals surface area contributed by atoms with Gasteiger partial charge in [0.2, 0.25) is 0 Å². The number of hydrogen-bond donors (Lipinski definition) is 1. The Bertz CT molecular complexity index is 918. The maximum absolute atomic E-state index is 12.3. The van der Waals surface area contributed by atoms with Gasteiger partial charge in [0, 0.05) is 51.1 Å². The van der Waals surface area contributed by atoms with Gasteiger partial charge in [-0.1, -0.05) is 30.3 Å². The molecule has 2 aromatic rings. The van der Waals surface area contributed by atoms with Crippen LogP contribution < -0.4 is 5.32 Å². The topological polar surface area (TPSA) is 69.7 Å². The first-order valence-corrected chi connectivity index (χ1v) is 11.3. The predicted molar refractivity (Wildman–Crippen MR) is 110 cm³/mol. The minimum Gasteiger partial charge on any atom is -0.348 e. The zero-order valence-electron chi connectivity index (χ0n) is 16.4. The summed E-state index contributed by atoms with van der Waals surface area (Å²) in [6.07, 6.45) is 1.13. The minimum atomic E-state index is -3.33. The van der Waals surface area contributed by atoms with Gasteiger partial charge in [0.25, 0.3) is 5.91 Å². The van der Waals surface area contributed by atoms with Gasteiger partial charge < -0.3 is 10.2 Å². The van der Waals surface area contributed by atoms with Crippen LogP contribution in [0.3, 0.4) is 0 Å². The number of amides is 1. The fraction of sp³-hybridized carbons (Fsp3) is 0.381. The zero-order chi connectivity index (χ0) is 20.1. The Morgan fingerprint density at radius 1 is 1.00 bits per heavy atom. The summed E-state index contributed by atoms with van der Waals surface area (Å²) in [5, 5.41) is 2.85. The molecule has 6 nitrogen and oxygen atoms in total. The maximum Gasteiger partial charge on any atom is 0.251 e. The van der Waals surface area contributed by atoms with Gasteiger partial charge in [0.15, 0.2) is 9.84 Å². The van der Waals surface area contributed by atoms with Crippen LogP contribution in [0.4, 0.5) is 0 Å². The molecule has 0 atom stereocenters. The number of carbonyl (C=O) groups excluding carboxylic acids is 1. The molecule has 2 aromatic carbocycles. The van der Waals surface area contributed by atoms with Crippen molar-refractivity contribution in [2.75, 3.05) is 39.5 Å². The van der Waals surface area contributed by atoms with E-state index in [-0.39, 0.29) is 10.8 Å². The molecule has 28 heavy (non-hydrogen) atoms. The molecule has 1 N–H and O–H groups in total. The van der Waals surface area contributed by atoms with Gasteiger partial charge in [-0.25, -0.2) is 8.42 Å². The molecule has 1 aliphatic rings. The number of rotatable bonds is 6. The molecule has 1 amide bonds. The highest BCUT2D eigenvalue weighted by atomic mass is 32.2. The first-order chi connectivity index (χ1) is 13.3. The predicted octanol–water partition coefficient (Wildman–Crippen LogP) is 1.77. The van der Waals surface area contributed by atoms with E-state index in [0.717, 1.165) is 44.5 Å². The van der Waals surface area contributed by atoms with Crippen molar-refractivity contribution in [2.24, 2.45) is 0 Å². The molecular formula is C21H27N3O3S. The molecule has 0 saturated carbocycles. The molecule has 1 fully saturated rings. The van der Waals surface area contributed by atoms with Crippen LogP contribution in [0.5, 0.6) is 0 Å². The number of benzene rings is 2. The van der Waals surface area contributed by atoms with E-state index >= 15 is 0 Å². The molecule has 0 aromatic heterocycles. The second-order valence-electron chi connectivity index (χ2n) is 7.38. The summed E-state index contributed by atoms with van der Waals surface area (Å²) in [4.78, 5) is 17.3. The molecule has 1 heterocycles. The van der Waals surface area contributed by atoms with Gasteiger partial charge in [0.05, 0.1) is 4.90 Å². The Morgan fingerprint density at radius 3 is 2.29 bits per heavy atom. The van der Waals surface area contributed by atoms with Crippen molar-refractivity contribution >= 4 is 15.7 Å². The number of likely N-dealkylation sites (N-methyl/N-ethyl adjacent to an activating group) is 1. The molecular weight excluding hydrogens is 374 g/mol. The average Bonchev–Trinajstić information content (AvgIpc) is 2.68. The minimum absolute atomic E-state index is 0.147. The first-order valence-electron chi connectivity index (χ1n) is 9.38. The summed E-state index contributed by atoms with van der Waals surface area (Å²) in [6.45, 7) is 5.71. The van der Waals surface area contributed by atoms with Crippen molar-refractivity contribution in [1.82, 2.24) is 15.1 Å². The van der Waals surface area contributed by atoms with Gasteiger partial charge >= 0.3 is 0 Å². The Morgan fingerprint density at radius 2 is 1.64 bits per heavy atom. The van der Waals surface area contributed by atoms with Crippen LogP contribution in [0.1, 0.15) is 21.5 Å². The Kier molecular flexibility index (Phi) is 6.49. The van der Waals surface area contributed by atoms with Gasteiger partial charge in [-0.3, -0.25) is 9.69 Å². The van der Waals surface area contributed by atoms with E-state index in [1.165, 1.54) is 17.7 Å². The molecule has 0 radical (unpaired) electrons. The quantitative estimate of drug-likeness (QED) is 0.799. The van der Waals surface area contributed by atoms with Gasteiger partial charge in [0.1, 0.15) is 0 Å². The number of nitrogens with zero attached hydrogens (tertiary/aromatic N) is 2. The second kappa shape index (κ2) is 8.86. The van der Waals surface area contributed by atoms with Gasteiger partial charge in [-0.2, -0.15) is 0 Å². The largest absolute Gasteiger partial charge is 0.348 e. The van der Waals surface area contributed by atoms with Crippen molar-refractivity contribution in [2.45, 2.75) is 18.0 Å². The van der Waals surface area contributed by atoms with Crippen LogP contribution >= 0.6 is 0 Å². The number of hydrogen-bond acceptors (Lipinski definition) is 5. The summed E-state index contributed by atoms with van der Waals surface area (Å²) < 4.78 is 23.3. The lowest BCUT2D eigenvalue weighted by Gasteiger charge is -2.32. The van der Waals surface area contributed by atoms with E-state index in [9.17, 15) is 13.2 Å². The highest BCUT2D eigenvalue weighted by Gasteiger charge is 2.14. The molecule has 0 unspecified atom stereocenters. The third-order valence-electron chi connectivity index (χ3n) is 5.00. The maximum atomic E-state index is 12.3. The molecule has 0 spiro atoms. The SMILES string of the molecule is CN1CCN(Cc2ccc(CNC(=O)c3cccc(S(C)(=O)=O)c3)cc2)CC1. The highest BCUT2D eigenvalue weighted by molar-refractivity contribution is 7.90. The fourth-order valence-corrected chi connectivity index (χ4v) is 3.85. The molecule has 0 bridgehead atoms. The summed E-state index contributed by atoms with van der Waals surface area (Å²) in [5.74, 6) is -0.285.